The van der Waals surface area contributed by atoms with Crippen molar-refractivity contribution in [1.29, 1.82) is 0 Å². The van der Waals surface area contributed by atoms with Crippen LogP contribution in [0.15, 0.2) is 60.7 Å². The van der Waals surface area contributed by atoms with Crippen LogP contribution < -0.4 is 16.4 Å². The molecule has 5 N–H and O–H groups in total. The second-order valence-electron chi connectivity index (χ2n) is 10.5. The molecule has 0 spiro atoms. The second-order valence-corrected chi connectivity index (χ2v) is 10.5. The summed E-state index contributed by atoms with van der Waals surface area (Å²) in [5.41, 5.74) is 5.38. The Morgan fingerprint density at radius 3 is 2.37 bits per heavy atom. The summed E-state index contributed by atoms with van der Waals surface area (Å²) in [6.45, 7) is 6.58. The summed E-state index contributed by atoms with van der Waals surface area (Å²) in [6, 6.07) is 17.0. The summed E-state index contributed by atoms with van der Waals surface area (Å²) < 4.78 is 5.27. The third kappa shape index (κ3) is 7.99. The zero-order valence-corrected chi connectivity index (χ0v) is 23.4. The van der Waals surface area contributed by atoms with Crippen LogP contribution in [0, 0.1) is 19.4 Å². The predicted octanol–water partition coefficient (Wildman–Crippen LogP) is 4.11. The van der Waals surface area contributed by atoms with Crippen LogP contribution in [0.3, 0.4) is 0 Å². The number of hydrogen-bond donors (Lipinski definition) is 4. The van der Waals surface area contributed by atoms with Gasteiger partial charge in [-0.25, -0.2) is 4.79 Å². The molecule has 3 aromatic carbocycles. The number of phenols is 1. The van der Waals surface area contributed by atoms with Crippen molar-refractivity contribution in [3.8, 4) is 18.2 Å². The van der Waals surface area contributed by atoms with Gasteiger partial charge in [-0.1, -0.05) is 55.0 Å². The van der Waals surface area contributed by atoms with Gasteiger partial charge in [-0.3, -0.25) is 19.3 Å². The lowest BCUT2D eigenvalue weighted by Gasteiger charge is -2.30. The van der Waals surface area contributed by atoms with E-state index in [4.69, 9.17) is 16.9 Å². The van der Waals surface area contributed by atoms with Gasteiger partial charge in [0.2, 0.25) is 5.91 Å². The number of fused-ring (bicyclic) bond motifs is 1. The number of benzene rings is 3. The summed E-state index contributed by atoms with van der Waals surface area (Å²) in [5.74, 6) is -2.52. The summed E-state index contributed by atoms with van der Waals surface area (Å²) in [4.78, 5) is 52.5. The first kappa shape index (κ1) is 30.5. The zero-order chi connectivity index (χ0) is 30.3. The van der Waals surface area contributed by atoms with E-state index in [1.54, 1.807) is 52.0 Å². The van der Waals surface area contributed by atoms with Gasteiger partial charge in [0, 0.05) is 23.7 Å². The number of hydrogen-bond acceptors (Lipinski definition) is 6. The number of aromatic hydroxyl groups is 1. The molecule has 0 aliphatic carbocycles. The van der Waals surface area contributed by atoms with E-state index in [0.29, 0.717) is 11.3 Å². The smallest absolute Gasteiger partial charge is 0.408 e. The van der Waals surface area contributed by atoms with Crippen LogP contribution in [-0.4, -0.2) is 45.5 Å². The Bertz CT molecular complexity index is 1500. The van der Waals surface area contributed by atoms with Gasteiger partial charge in [-0.15, -0.1) is 0 Å². The Hall–Kier alpha value is -5.04. The minimum atomic E-state index is -1.50. The lowest BCUT2D eigenvalue weighted by Crippen LogP contribution is -2.51. The highest BCUT2D eigenvalue weighted by molar-refractivity contribution is 6.01. The molecule has 0 aliphatic heterocycles. The van der Waals surface area contributed by atoms with Gasteiger partial charge in [0.1, 0.15) is 17.4 Å². The first-order chi connectivity index (χ1) is 19.3. The average molecular weight is 559 g/mol. The molecule has 41 heavy (non-hydrogen) atoms. The van der Waals surface area contributed by atoms with E-state index in [0.717, 1.165) is 15.7 Å². The largest absolute Gasteiger partial charge is 0.507 e. The van der Waals surface area contributed by atoms with Gasteiger partial charge in [0.15, 0.2) is 6.04 Å². The number of rotatable bonds is 9. The van der Waals surface area contributed by atoms with Crippen LogP contribution >= 0.6 is 0 Å². The van der Waals surface area contributed by atoms with Gasteiger partial charge >= 0.3 is 6.09 Å². The molecule has 3 rings (SSSR count). The van der Waals surface area contributed by atoms with Crippen molar-refractivity contribution >= 4 is 40.3 Å². The molecule has 214 valence electrons. The lowest BCUT2D eigenvalue weighted by atomic mass is 9.99. The Morgan fingerprint density at radius 2 is 1.73 bits per heavy atom. The van der Waals surface area contributed by atoms with Gasteiger partial charge < -0.3 is 26.2 Å². The summed E-state index contributed by atoms with van der Waals surface area (Å²) in [7, 11) is 0. The van der Waals surface area contributed by atoms with Crippen molar-refractivity contribution in [1.82, 2.24) is 10.2 Å². The van der Waals surface area contributed by atoms with Crippen molar-refractivity contribution in [3.05, 3.63) is 71.8 Å². The topological polar surface area (TPSA) is 151 Å². The Kier molecular flexibility index (Phi) is 9.58. The maximum atomic E-state index is 13.8. The molecule has 2 unspecified atom stereocenters. The van der Waals surface area contributed by atoms with Gasteiger partial charge in [-0.2, -0.15) is 0 Å². The number of phenolic OH excluding ortho intramolecular Hbond substituents is 1. The van der Waals surface area contributed by atoms with Crippen LogP contribution in [0.2, 0.25) is 0 Å². The molecule has 0 saturated carbocycles. The van der Waals surface area contributed by atoms with Crippen LogP contribution in [0.1, 0.15) is 50.8 Å². The molecule has 0 aliphatic rings. The average Bonchev–Trinajstić information content (AvgIpc) is 2.90. The minimum Gasteiger partial charge on any atom is -0.507 e. The Labute approximate surface area is 238 Å². The van der Waals surface area contributed by atoms with E-state index >= 15 is 0 Å². The van der Waals surface area contributed by atoms with Crippen molar-refractivity contribution in [2.45, 2.75) is 58.2 Å². The molecule has 0 radical (unpaired) electrons. The van der Waals surface area contributed by atoms with E-state index < -0.39 is 41.5 Å². The first-order valence-electron chi connectivity index (χ1n) is 13.0. The first-order valence-corrected chi connectivity index (χ1v) is 13.0. The number of primary amides is 1. The fraction of sp³-hybridized carbons (Fsp3) is 0.290. The molecular formula is C31H34N4O6. The number of terminal acetylenes is 1. The molecule has 10 nitrogen and oxygen atoms in total. The van der Waals surface area contributed by atoms with Gasteiger partial charge in [-0.05, 0) is 62.6 Å². The third-order valence-corrected chi connectivity index (χ3v) is 6.13. The number of anilines is 1. The molecule has 0 fully saturated rings. The van der Waals surface area contributed by atoms with Crippen LogP contribution in [0.25, 0.3) is 10.8 Å². The Balaban J connectivity index is 2.02. The van der Waals surface area contributed by atoms with Crippen molar-refractivity contribution < 1.29 is 29.0 Å². The van der Waals surface area contributed by atoms with Crippen LogP contribution in [-0.2, 0) is 19.1 Å². The maximum absolute atomic E-state index is 13.8. The highest BCUT2D eigenvalue weighted by Crippen LogP contribution is 2.33. The van der Waals surface area contributed by atoms with Crippen molar-refractivity contribution in [3.63, 3.8) is 0 Å². The van der Waals surface area contributed by atoms with Gasteiger partial charge in [0.05, 0.1) is 0 Å². The van der Waals surface area contributed by atoms with Gasteiger partial charge in [0.25, 0.3) is 11.8 Å². The van der Waals surface area contributed by atoms with E-state index in [1.165, 1.54) is 6.07 Å². The van der Waals surface area contributed by atoms with Crippen LogP contribution in [0.5, 0.6) is 5.75 Å². The second kappa shape index (κ2) is 12.9. The minimum absolute atomic E-state index is 0.0699. The fourth-order valence-electron chi connectivity index (χ4n) is 4.20. The number of nitrogens with two attached hydrogens (primary N) is 1. The molecule has 10 heteroatoms. The summed E-state index contributed by atoms with van der Waals surface area (Å²) >= 11 is 0. The molecule has 0 bridgehead atoms. The number of para-hydroxylation sites is 1. The van der Waals surface area contributed by atoms with Crippen molar-refractivity contribution in [2.75, 3.05) is 5.32 Å². The predicted molar refractivity (Wildman–Crippen MR) is 155 cm³/mol. The van der Waals surface area contributed by atoms with E-state index in [9.17, 15) is 24.3 Å². The van der Waals surface area contributed by atoms with Crippen LogP contribution in [0.4, 0.5) is 10.5 Å². The van der Waals surface area contributed by atoms with E-state index in [2.05, 4.69) is 16.7 Å². The molecule has 0 aromatic heterocycles. The quantitative estimate of drug-likeness (QED) is 0.229. The number of ether oxygens (including phenoxy) is 1. The van der Waals surface area contributed by atoms with Crippen molar-refractivity contribution in [2.24, 2.45) is 5.73 Å². The number of alkyl carbamates (subject to hydrolysis) is 1. The fourth-order valence-corrected chi connectivity index (χ4v) is 4.20. The Morgan fingerprint density at radius 1 is 1.05 bits per heavy atom. The monoisotopic (exact) mass is 558 g/mol. The zero-order valence-electron chi connectivity index (χ0n) is 23.4. The molecule has 0 saturated heterocycles. The molecule has 0 heterocycles. The SMILES string of the molecule is C#CN(C(=O)C(CCC(N)=O)NC(=O)OC(C)(C)C)C(C(=O)Nc1ccc2ccccc2c1)c1cccc(C)c1O. The molecular weight excluding hydrogens is 524 g/mol. The number of carbonyl (C=O) groups excluding carboxylic acids is 4. The standard InChI is InChI=1S/C31H34N4O6/c1-6-35(29(39)24(16-17-25(32)36)34-30(40)41-31(3,4)5)26(23-13-9-10-19(2)27(23)37)28(38)33-22-15-14-20-11-7-8-12-21(20)18-22/h1,7-15,18,24,26,37H,16-17H2,2-5H3,(H2,32,36)(H,33,38)(H,34,40). The molecule has 3 aromatic rings. The van der Waals surface area contributed by atoms with E-state index in [-0.39, 0.29) is 24.2 Å². The summed E-state index contributed by atoms with van der Waals surface area (Å²) in [5, 5.41) is 18.0. The summed E-state index contributed by atoms with van der Waals surface area (Å²) in [6.07, 6.45) is 4.41. The maximum Gasteiger partial charge on any atom is 0.408 e. The molecule has 2 atom stereocenters. The third-order valence-electron chi connectivity index (χ3n) is 6.13. The highest BCUT2D eigenvalue weighted by Gasteiger charge is 2.37. The van der Waals surface area contributed by atoms with E-state index in [1.807, 2.05) is 30.3 Å². The number of aryl methyl sites for hydroxylation is 1. The number of carbonyl (C=O) groups is 4. The normalized spacial score (nSPS) is 12.5. The number of nitrogens with zero attached hydrogens (tertiary/aromatic N) is 1. The molecule has 4 amide bonds. The number of nitrogens with one attached hydrogen (secondary N) is 2. The number of amides is 4. The lowest BCUT2D eigenvalue weighted by molar-refractivity contribution is -0.137. The highest BCUT2D eigenvalue weighted by atomic mass is 16.6.